The summed E-state index contributed by atoms with van der Waals surface area (Å²) in [6.07, 6.45) is -0.984. The lowest BCUT2D eigenvalue weighted by molar-refractivity contribution is -0.123. The summed E-state index contributed by atoms with van der Waals surface area (Å²) in [7, 11) is 3.02. The lowest BCUT2D eigenvalue weighted by Crippen LogP contribution is -2.30. The largest absolute Gasteiger partial charge is 0.497 e. The van der Waals surface area contributed by atoms with Crippen molar-refractivity contribution in [2.45, 2.75) is 13.0 Å². The van der Waals surface area contributed by atoms with E-state index in [0.29, 0.717) is 28.4 Å². The lowest BCUT2D eigenvalue weighted by atomic mass is 10.2. The Balaban J connectivity index is 2.02. The Morgan fingerprint density at radius 1 is 1.00 bits per heavy atom. The second-order valence-electron chi connectivity index (χ2n) is 5.26. The minimum absolute atomic E-state index is 0.317. The molecule has 2 aromatic carbocycles. The first-order chi connectivity index (χ1) is 11.9. The fourth-order valence-corrected chi connectivity index (χ4v) is 2.02. The van der Waals surface area contributed by atoms with Gasteiger partial charge in [-0.3, -0.25) is 4.79 Å². The highest BCUT2D eigenvalue weighted by atomic mass is 16.5. The lowest BCUT2D eigenvalue weighted by Gasteiger charge is -2.15. The van der Waals surface area contributed by atoms with Gasteiger partial charge in [-0.2, -0.15) is 0 Å². The van der Waals surface area contributed by atoms with Gasteiger partial charge < -0.3 is 25.3 Å². The number of amides is 1. The molecule has 1 unspecified atom stereocenters. The molecule has 0 heterocycles. The number of rotatable bonds is 6. The van der Waals surface area contributed by atoms with E-state index in [1.54, 1.807) is 30.3 Å². The van der Waals surface area contributed by atoms with Crippen molar-refractivity contribution in [3.63, 3.8) is 0 Å². The third-order valence-corrected chi connectivity index (χ3v) is 3.42. The molecule has 0 aliphatic rings. The van der Waals surface area contributed by atoms with Gasteiger partial charge in [0, 0.05) is 29.6 Å². The second kappa shape index (κ2) is 8.05. The molecule has 0 spiro atoms. The van der Waals surface area contributed by atoms with Crippen molar-refractivity contribution in [2.75, 3.05) is 25.3 Å². The van der Waals surface area contributed by atoms with Gasteiger partial charge in [-0.1, -0.05) is 0 Å². The van der Waals surface area contributed by atoms with Gasteiger partial charge >= 0.3 is 5.97 Å². The van der Waals surface area contributed by atoms with E-state index in [-0.39, 0.29) is 0 Å². The maximum absolute atomic E-state index is 12.2. The first-order valence-electron chi connectivity index (χ1n) is 7.53. The molecule has 2 aromatic rings. The Morgan fingerprint density at radius 2 is 1.56 bits per heavy atom. The molecule has 3 N–H and O–H groups in total. The monoisotopic (exact) mass is 344 g/mol. The number of carbonyl (C=O) groups excluding carboxylic acids is 2. The Morgan fingerprint density at radius 3 is 2.08 bits per heavy atom. The van der Waals surface area contributed by atoms with E-state index in [4.69, 9.17) is 19.9 Å². The van der Waals surface area contributed by atoms with Gasteiger partial charge in [-0.05, 0) is 31.2 Å². The summed E-state index contributed by atoms with van der Waals surface area (Å²) in [6.45, 7) is 1.49. The van der Waals surface area contributed by atoms with Crippen LogP contribution in [0.2, 0.25) is 0 Å². The molecule has 0 saturated heterocycles. The summed E-state index contributed by atoms with van der Waals surface area (Å²) in [6, 6.07) is 11.2. The second-order valence-corrected chi connectivity index (χ2v) is 5.26. The average molecular weight is 344 g/mol. The zero-order valence-corrected chi connectivity index (χ0v) is 14.2. The van der Waals surface area contributed by atoms with Gasteiger partial charge in [-0.25, -0.2) is 4.79 Å². The third kappa shape index (κ3) is 4.87. The molecule has 25 heavy (non-hydrogen) atoms. The molecule has 7 nitrogen and oxygen atoms in total. The van der Waals surface area contributed by atoms with Crippen LogP contribution in [-0.4, -0.2) is 32.2 Å². The summed E-state index contributed by atoms with van der Waals surface area (Å²) in [4.78, 5) is 24.3. The fraction of sp³-hybridized carbons (Fsp3) is 0.222. The zero-order chi connectivity index (χ0) is 18.4. The number of anilines is 2. The van der Waals surface area contributed by atoms with E-state index in [1.165, 1.54) is 33.3 Å². The van der Waals surface area contributed by atoms with Crippen LogP contribution in [0, 0.1) is 0 Å². The number of benzene rings is 2. The number of hydrogen-bond acceptors (Lipinski definition) is 6. The number of nitrogens with two attached hydrogens (primary N) is 1. The van der Waals surface area contributed by atoms with Crippen LogP contribution < -0.4 is 20.5 Å². The Kier molecular flexibility index (Phi) is 5.84. The van der Waals surface area contributed by atoms with E-state index >= 15 is 0 Å². The third-order valence-electron chi connectivity index (χ3n) is 3.42. The number of hydrogen-bond donors (Lipinski definition) is 2. The predicted octanol–water partition coefficient (Wildman–Crippen LogP) is 2.47. The average Bonchev–Trinajstić information content (AvgIpc) is 2.61. The van der Waals surface area contributed by atoms with Crippen molar-refractivity contribution in [3.8, 4) is 11.5 Å². The highest BCUT2D eigenvalue weighted by molar-refractivity contribution is 5.97. The molecule has 0 aliphatic carbocycles. The number of ether oxygens (including phenoxy) is 3. The Hall–Kier alpha value is -3.22. The molecule has 0 aliphatic heterocycles. The molecule has 0 radical (unpaired) electrons. The minimum atomic E-state index is -0.984. The standard InChI is InChI=1S/C18H20N2O5/c1-11(25-18(22)12-4-6-13(19)7-5-12)17(21)20-14-8-15(23-2)10-16(9-14)24-3/h4-11H,19H2,1-3H3,(H,20,21). The molecule has 0 fully saturated rings. The van der Waals surface area contributed by atoms with Gasteiger partial charge in [-0.15, -0.1) is 0 Å². The molecule has 132 valence electrons. The number of nitrogens with one attached hydrogen (secondary N) is 1. The van der Waals surface area contributed by atoms with Crippen molar-refractivity contribution in [3.05, 3.63) is 48.0 Å². The van der Waals surface area contributed by atoms with Crippen LogP contribution in [-0.2, 0) is 9.53 Å². The first kappa shape index (κ1) is 18.1. The van der Waals surface area contributed by atoms with Crippen LogP contribution in [0.4, 0.5) is 11.4 Å². The van der Waals surface area contributed by atoms with E-state index in [0.717, 1.165) is 0 Å². The van der Waals surface area contributed by atoms with Gasteiger partial charge in [0.05, 0.1) is 19.8 Å². The van der Waals surface area contributed by atoms with Gasteiger partial charge in [0.2, 0.25) is 0 Å². The molecular weight excluding hydrogens is 324 g/mol. The maximum Gasteiger partial charge on any atom is 0.338 e. The smallest absolute Gasteiger partial charge is 0.338 e. The van der Waals surface area contributed by atoms with Crippen LogP contribution in [0.3, 0.4) is 0 Å². The first-order valence-corrected chi connectivity index (χ1v) is 7.53. The quantitative estimate of drug-likeness (QED) is 0.617. The van der Waals surface area contributed by atoms with Crippen LogP contribution in [0.1, 0.15) is 17.3 Å². The zero-order valence-electron chi connectivity index (χ0n) is 14.2. The normalized spacial score (nSPS) is 11.3. The summed E-state index contributed by atoms with van der Waals surface area (Å²) in [5, 5.41) is 2.66. The van der Waals surface area contributed by atoms with Crippen molar-refractivity contribution >= 4 is 23.3 Å². The van der Waals surface area contributed by atoms with Crippen LogP contribution >= 0.6 is 0 Å². The number of methoxy groups -OCH3 is 2. The minimum Gasteiger partial charge on any atom is -0.497 e. The van der Waals surface area contributed by atoms with E-state index in [2.05, 4.69) is 5.32 Å². The summed E-state index contributed by atoms with van der Waals surface area (Å²) >= 11 is 0. The van der Waals surface area contributed by atoms with Crippen molar-refractivity contribution in [1.29, 1.82) is 0 Å². The molecule has 0 bridgehead atoms. The SMILES string of the molecule is COc1cc(NC(=O)C(C)OC(=O)c2ccc(N)cc2)cc(OC)c1. The summed E-state index contributed by atoms with van der Waals surface area (Å²) in [5.74, 6) is -0.0210. The molecule has 2 rings (SSSR count). The molecule has 0 aromatic heterocycles. The van der Waals surface area contributed by atoms with Gasteiger partial charge in [0.1, 0.15) is 11.5 Å². The van der Waals surface area contributed by atoms with E-state index < -0.39 is 18.0 Å². The highest BCUT2D eigenvalue weighted by Crippen LogP contribution is 2.26. The van der Waals surface area contributed by atoms with Crippen molar-refractivity contribution < 1.29 is 23.8 Å². The van der Waals surface area contributed by atoms with Crippen molar-refractivity contribution in [1.82, 2.24) is 0 Å². The fourth-order valence-electron chi connectivity index (χ4n) is 2.02. The Labute approximate surface area is 145 Å². The van der Waals surface area contributed by atoms with Crippen LogP contribution in [0.15, 0.2) is 42.5 Å². The topological polar surface area (TPSA) is 99.9 Å². The van der Waals surface area contributed by atoms with Crippen molar-refractivity contribution in [2.24, 2.45) is 0 Å². The summed E-state index contributed by atoms with van der Waals surface area (Å²) < 4.78 is 15.5. The number of carbonyl (C=O) groups is 2. The summed E-state index contributed by atoms with van der Waals surface area (Å²) in [5.41, 5.74) is 6.89. The Bertz CT molecular complexity index is 736. The molecule has 1 atom stereocenters. The van der Waals surface area contributed by atoms with Crippen LogP contribution in [0.5, 0.6) is 11.5 Å². The maximum atomic E-state index is 12.2. The van der Waals surface area contributed by atoms with Gasteiger partial charge in [0.15, 0.2) is 6.10 Å². The number of esters is 1. The van der Waals surface area contributed by atoms with Gasteiger partial charge in [0.25, 0.3) is 5.91 Å². The number of nitrogen functional groups attached to an aromatic ring is 1. The molecule has 0 saturated carbocycles. The molecule has 1 amide bonds. The van der Waals surface area contributed by atoms with E-state index in [9.17, 15) is 9.59 Å². The highest BCUT2D eigenvalue weighted by Gasteiger charge is 2.19. The predicted molar refractivity (Wildman–Crippen MR) is 93.9 cm³/mol. The van der Waals surface area contributed by atoms with Crippen LogP contribution in [0.25, 0.3) is 0 Å². The molecule has 7 heteroatoms. The molecular formula is C18H20N2O5. The van der Waals surface area contributed by atoms with E-state index in [1.807, 2.05) is 0 Å².